The average molecular weight is 361 g/mol. The first-order valence-corrected chi connectivity index (χ1v) is 8.51. The highest BCUT2D eigenvalue weighted by molar-refractivity contribution is 5.79. The Morgan fingerprint density at radius 2 is 2.04 bits per heavy atom. The number of aliphatic hydroxyl groups is 1. The summed E-state index contributed by atoms with van der Waals surface area (Å²) in [5.74, 6) is -1.06. The van der Waals surface area contributed by atoms with Gasteiger partial charge < -0.3 is 15.2 Å². The molecular formula is C20H21F2NO3. The van der Waals surface area contributed by atoms with Gasteiger partial charge >= 0.3 is 0 Å². The van der Waals surface area contributed by atoms with Gasteiger partial charge in [0.1, 0.15) is 17.4 Å². The Morgan fingerprint density at radius 1 is 1.27 bits per heavy atom. The molecular weight excluding hydrogens is 340 g/mol. The molecule has 138 valence electrons. The topological polar surface area (TPSA) is 58.6 Å². The minimum atomic E-state index is -0.696. The van der Waals surface area contributed by atoms with Gasteiger partial charge in [-0.05, 0) is 42.5 Å². The van der Waals surface area contributed by atoms with Crippen molar-refractivity contribution in [3.8, 4) is 5.75 Å². The number of carbonyl (C=O) groups is 1. The van der Waals surface area contributed by atoms with Crippen molar-refractivity contribution in [2.24, 2.45) is 5.92 Å². The van der Waals surface area contributed by atoms with Crippen molar-refractivity contribution in [3.63, 3.8) is 0 Å². The van der Waals surface area contributed by atoms with Crippen molar-refractivity contribution >= 4 is 5.91 Å². The van der Waals surface area contributed by atoms with Gasteiger partial charge in [-0.15, -0.1) is 0 Å². The summed E-state index contributed by atoms with van der Waals surface area (Å²) < 4.78 is 32.6. The summed E-state index contributed by atoms with van der Waals surface area (Å²) in [7, 11) is 1.55. The molecule has 0 unspecified atom stereocenters. The number of nitrogens with one attached hydrogen (secondary N) is 1. The summed E-state index contributed by atoms with van der Waals surface area (Å²) >= 11 is 0. The quantitative estimate of drug-likeness (QED) is 0.831. The van der Waals surface area contributed by atoms with Crippen molar-refractivity contribution < 1.29 is 23.4 Å². The van der Waals surface area contributed by atoms with E-state index in [4.69, 9.17) is 4.74 Å². The third-order valence-electron chi connectivity index (χ3n) is 4.73. The molecule has 0 spiro atoms. The molecule has 2 aromatic carbocycles. The van der Waals surface area contributed by atoms with Crippen molar-refractivity contribution in [1.29, 1.82) is 0 Å². The second-order valence-corrected chi connectivity index (χ2v) is 6.62. The highest BCUT2D eigenvalue weighted by atomic mass is 19.1. The molecule has 0 aromatic heterocycles. The third kappa shape index (κ3) is 4.19. The van der Waals surface area contributed by atoms with Crippen LogP contribution in [-0.2, 0) is 11.2 Å². The van der Waals surface area contributed by atoms with Crippen LogP contribution in [0.15, 0.2) is 42.5 Å². The smallest absolute Gasteiger partial charge is 0.224 e. The Kier molecular flexibility index (Phi) is 5.52. The second-order valence-electron chi connectivity index (χ2n) is 6.62. The molecule has 3 rings (SSSR count). The highest BCUT2D eigenvalue weighted by Gasteiger charge is 2.36. The van der Waals surface area contributed by atoms with E-state index < -0.39 is 23.8 Å². The minimum absolute atomic E-state index is 0.0841. The van der Waals surface area contributed by atoms with Crippen molar-refractivity contribution in [1.82, 2.24) is 5.32 Å². The first kappa shape index (κ1) is 18.3. The Balaban J connectivity index is 1.75. The fourth-order valence-corrected chi connectivity index (χ4v) is 3.30. The Bertz CT molecular complexity index is 790. The van der Waals surface area contributed by atoms with Gasteiger partial charge in [0.05, 0.1) is 25.7 Å². The van der Waals surface area contributed by atoms with Crippen molar-refractivity contribution in [3.05, 3.63) is 65.2 Å². The van der Waals surface area contributed by atoms with E-state index in [9.17, 15) is 18.7 Å². The molecule has 0 saturated heterocycles. The predicted molar refractivity (Wildman–Crippen MR) is 92.7 cm³/mol. The molecule has 1 fully saturated rings. The molecule has 1 aliphatic rings. The average Bonchev–Trinajstić information content (AvgIpc) is 2.58. The molecule has 1 aliphatic carbocycles. The maximum absolute atomic E-state index is 14.2. The van der Waals surface area contributed by atoms with Gasteiger partial charge in [-0.1, -0.05) is 18.2 Å². The molecule has 1 atom stereocenters. The third-order valence-corrected chi connectivity index (χ3v) is 4.73. The molecule has 0 bridgehead atoms. The number of methoxy groups -OCH3 is 1. The van der Waals surface area contributed by atoms with Crippen LogP contribution in [0.5, 0.6) is 5.75 Å². The van der Waals surface area contributed by atoms with E-state index in [1.807, 2.05) is 6.07 Å². The lowest BCUT2D eigenvalue weighted by Crippen LogP contribution is -2.42. The summed E-state index contributed by atoms with van der Waals surface area (Å²) in [5, 5.41) is 12.4. The molecule has 1 amide bonds. The zero-order valence-corrected chi connectivity index (χ0v) is 14.4. The van der Waals surface area contributed by atoms with Crippen LogP contribution >= 0.6 is 0 Å². The number of carbonyl (C=O) groups excluding carboxylic acids is 1. The molecule has 4 nitrogen and oxygen atoms in total. The molecule has 0 heterocycles. The van der Waals surface area contributed by atoms with E-state index in [-0.39, 0.29) is 23.8 Å². The maximum Gasteiger partial charge on any atom is 0.224 e. The van der Waals surface area contributed by atoms with Gasteiger partial charge in [0, 0.05) is 11.6 Å². The first-order chi connectivity index (χ1) is 12.5. The van der Waals surface area contributed by atoms with Crippen LogP contribution in [0.3, 0.4) is 0 Å². The van der Waals surface area contributed by atoms with Crippen LogP contribution in [0, 0.1) is 17.6 Å². The number of halogens is 2. The molecule has 26 heavy (non-hydrogen) atoms. The van der Waals surface area contributed by atoms with Crippen LogP contribution in [0.25, 0.3) is 0 Å². The van der Waals surface area contributed by atoms with Gasteiger partial charge in [0.25, 0.3) is 0 Å². The lowest BCUT2D eigenvalue weighted by molar-refractivity contribution is -0.122. The normalized spacial score (nSPS) is 20.2. The zero-order valence-electron chi connectivity index (χ0n) is 14.4. The van der Waals surface area contributed by atoms with Gasteiger partial charge in [-0.3, -0.25) is 4.79 Å². The number of rotatable bonds is 6. The van der Waals surface area contributed by atoms with Crippen LogP contribution in [0.4, 0.5) is 8.78 Å². The van der Waals surface area contributed by atoms with Crippen LogP contribution in [-0.4, -0.2) is 24.2 Å². The van der Waals surface area contributed by atoms with E-state index in [0.29, 0.717) is 18.6 Å². The number of hydrogen-bond donors (Lipinski definition) is 2. The summed E-state index contributed by atoms with van der Waals surface area (Å²) in [6.45, 7) is 0. The van der Waals surface area contributed by atoms with E-state index in [0.717, 1.165) is 11.6 Å². The van der Waals surface area contributed by atoms with Crippen LogP contribution in [0.2, 0.25) is 0 Å². The SMILES string of the molecule is COc1cccc(CC(=O)N[C@H](c2ccc(F)cc2F)C2CC(O)C2)c1. The minimum Gasteiger partial charge on any atom is -0.497 e. The van der Waals surface area contributed by atoms with E-state index in [1.54, 1.807) is 25.3 Å². The maximum atomic E-state index is 14.2. The van der Waals surface area contributed by atoms with Crippen LogP contribution < -0.4 is 10.1 Å². The predicted octanol–water partition coefficient (Wildman–Crippen LogP) is 3.14. The summed E-state index contributed by atoms with van der Waals surface area (Å²) in [6, 6.07) is 9.89. The Hall–Kier alpha value is -2.47. The number of ether oxygens (including phenoxy) is 1. The largest absolute Gasteiger partial charge is 0.497 e. The van der Waals surface area contributed by atoms with Gasteiger partial charge in [-0.25, -0.2) is 8.78 Å². The molecule has 0 radical (unpaired) electrons. The van der Waals surface area contributed by atoms with Gasteiger partial charge in [0.2, 0.25) is 5.91 Å². The number of amides is 1. The standard InChI is InChI=1S/C20H21F2NO3/c1-26-16-4-2-3-12(7-16)8-19(25)23-20(13-9-15(24)10-13)17-6-5-14(21)11-18(17)22/h2-7,11,13,15,20,24H,8-10H2,1H3,(H,23,25)/t13?,15?,20-/m0/s1. The summed E-state index contributed by atoms with van der Waals surface area (Å²) in [4.78, 5) is 12.5. The van der Waals surface area contributed by atoms with Crippen LogP contribution in [0.1, 0.15) is 30.0 Å². The summed E-state index contributed by atoms with van der Waals surface area (Å²) in [6.07, 6.45) is 0.620. The lowest BCUT2D eigenvalue weighted by atomic mass is 9.75. The van der Waals surface area contributed by atoms with E-state index >= 15 is 0 Å². The number of benzene rings is 2. The molecule has 0 aliphatic heterocycles. The number of hydrogen-bond acceptors (Lipinski definition) is 3. The second kappa shape index (κ2) is 7.83. The zero-order chi connectivity index (χ0) is 18.7. The van der Waals surface area contributed by atoms with Gasteiger partial charge in [0.15, 0.2) is 0 Å². The highest BCUT2D eigenvalue weighted by Crippen LogP contribution is 2.39. The monoisotopic (exact) mass is 361 g/mol. The molecule has 2 aromatic rings. The lowest BCUT2D eigenvalue weighted by Gasteiger charge is -2.38. The number of aliphatic hydroxyl groups excluding tert-OH is 1. The molecule has 2 N–H and O–H groups in total. The van der Waals surface area contributed by atoms with Crippen molar-refractivity contribution in [2.45, 2.75) is 31.4 Å². The molecule has 1 saturated carbocycles. The van der Waals surface area contributed by atoms with Crippen molar-refractivity contribution in [2.75, 3.05) is 7.11 Å². The fraction of sp³-hybridized carbons (Fsp3) is 0.350. The molecule has 6 heteroatoms. The van der Waals surface area contributed by atoms with Gasteiger partial charge in [-0.2, -0.15) is 0 Å². The fourth-order valence-electron chi connectivity index (χ4n) is 3.30. The first-order valence-electron chi connectivity index (χ1n) is 8.51. The summed E-state index contributed by atoms with van der Waals surface area (Å²) in [5.41, 5.74) is 1.01. The Morgan fingerprint density at radius 3 is 2.69 bits per heavy atom. The van der Waals surface area contributed by atoms with E-state index in [1.165, 1.54) is 12.1 Å². The van der Waals surface area contributed by atoms with E-state index in [2.05, 4.69) is 5.32 Å². The Labute approximate surface area is 150 Å².